The van der Waals surface area contributed by atoms with Crippen LogP contribution >= 0.6 is 0 Å². The minimum Gasteiger partial charge on any atom is -0.380 e. The monoisotopic (exact) mass is 322 g/mol. The van der Waals surface area contributed by atoms with E-state index in [2.05, 4.69) is 10.2 Å². The summed E-state index contributed by atoms with van der Waals surface area (Å²) in [5.41, 5.74) is 1.02. The molecule has 23 heavy (non-hydrogen) atoms. The van der Waals surface area contributed by atoms with Gasteiger partial charge in [0.05, 0.1) is 11.5 Å². The van der Waals surface area contributed by atoms with Gasteiger partial charge in [0.25, 0.3) is 5.69 Å². The zero-order chi connectivity index (χ0) is 16.7. The van der Waals surface area contributed by atoms with Crippen molar-refractivity contribution >= 4 is 17.4 Å². The number of urea groups is 1. The van der Waals surface area contributed by atoms with E-state index in [0.717, 1.165) is 5.69 Å². The van der Waals surface area contributed by atoms with Gasteiger partial charge in [-0.25, -0.2) is 4.79 Å². The highest BCUT2D eigenvalue weighted by Crippen LogP contribution is 2.20. The Morgan fingerprint density at radius 1 is 1.26 bits per heavy atom. The van der Waals surface area contributed by atoms with Crippen LogP contribution in [-0.4, -0.2) is 61.8 Å². The Morgan fingerprint density at radius 2 is 1.91 bits per heavy atom. The first-order valence-corrected chi connectivity index (χ1v) is 7.71. The molecule has 0 radical (unpaired) electrons. The van der Waals surface area contributed by atoms with Gasteiger partial charge in [-0.3, -0.25) is 10.1 Å². The Kier molecular flexibility index (Phi) is 6.16. The number of non-ortho nitro benzene ring substituents is 1. The lowest BCUT2D eigenvalue weighted by molar-refractivity contribution is -0.384. The maximum Gasteiger partial charge on any atom is 0.317 e. The summed E-state index contributed by atoms with van der Waals surface area (Å²) >= 11 is 0. The van der Waals surface area contributed by atoms with Gasteiger partial charge in [-0.05, 0) is 19.1 Å². The molecule has 8 heteroatoms. The molecule has 1 N–H and O–H groups in total. The van der Waals surface area contributed by atoms with E-state index in [1.165, 1.54) is 12.1 Å². The SMILES string of the molecule is CCOCCNC(=O)N1CCN(c2ccc([N+](=O)[O-])cc2)CC1. The third kappa shape index (κ3) is 4.82. The number of piperazine rings is 1. The minimum absolute atomic E-state index is 0.0759. The largest absolute Gasteiger partial charge is 0.380 e. The third-order valence-electron chi connectivity index (χ3n) is 3.72. The topological polar surface area (TPSA) is 88.0 Å². The summed E-state index contributed by atoms with van der Waals surface area (Å²) < 4.78 is 5.18. The summed E-state index contributed by atoms with van der Waals surface area (Å²) in [6.45, 7) is 6.24. The molecule has 0 saturated carbocycles. The number of hydrogen-bond acceptors (Lipinski definition) is 5. The van der Waals surface area contributed by atoms with Crippen LogP contribution in [0.2, 0.25) is 0 Å². The highest BCUT2D eigenvalue weighted by molar-refractivity contribution is 5.74. The number of benzene rings is 1. The van der Waals surface area contributed by atoms with Crippen molar-refractivity contribution in [3.05, 3.63) is 34.4 Å². The molecular formula is C15H22N4O4. The van der Waals surface area contributed by atoms with Crippen LogP contribution in [-0.2, 0) is 4.74 Å². The lowest BCUT2D eigenvalue weighted by Crippen LogP contribution is -2.52. The van der Waals surface area contributed by atoms with Crippen molar-refractivity contribution in [3.8, 4) is 0 Å². The Balaban J connectivity index is 1.79. The molecule has 2 rings (SSSR count). The standard InChI is InChI=1S/C15H22N4O4/c1-2-23-12-7-16-15(20)18-10-8-17(9-11-18)13-3-5-14(6-4-13)19(21)22/h3-6H,2,7-12H2,1H3,(H,16,20). The van der Waals surface area contributed by atoms with E-state index in [0.29, 0.717) is 45.9 Å². The number of anilines is 1. The molecule has 1 aliphatic heterocycles. The zero-order valence-corrected chi connectivity index (χ0v) is 13.2. The van der Waals surface area contributed by atoms with Gasteiger partial charge in [0.1, 0.15) is 0 Å². The maximum atomic E-state index is 12.0. The molecule has 1 heterocycles. The second-order valence-corrected chi connectivity index (χ2v) is 5.18. The predicted octanol–water partition coefficient (Wildman–Crippen LogP) is 1.46. The number of ether oxygens (including phenoxy) is 1. The predicted molar refractivity (Wildman–Crippen MR) is 86.8 cm³/mol. The molecule has 0 atom stereocenters. The summed E-state index contributed by atoms with van der Waals surface area (Å²) in [6, 6.07) is 6.42. The molecule has 0 unspecified atom stereocenters. The van der Waals surface area contributed by atoms with Crippen molar-refractivity contribution in [2.45, 2.75) is 6.92 Å². The van der Waals surface area contributed by atoms with Gasteiger partial charge < -0.3 is 19.9 Å². The summed E-state index contributed by atoms with van der Waals surface area (Å²) in [5, 5.41) is 13.5. The molecule has 0 spiro atoms. The Morgan fingerprint density at radius 3 is 2.48 bits per heavy atom. The van der Waals surface area contributed by atoms with E-state index in [9.17, 15) is 14.9 Å². The quantitative estimate of drug-likeness (QED) is 0.487. The lowest BCUT2D eigenvalue weighted by atomic mass is 10.2. The van der Waals surface area contributed by atoms with E-state index >= 15 is 0 Å². The number of nitro benzene ring substituents is 1. The Labute approximate surface area is 135 Å². The average molecular weight is 322 g/mol. The molecular weight excluding hydrogens is 300 g/mol. The van der Waals surface area contributed by atoms with E-state index in [-0.39, 0.29) is 11.7 Å². The molecule has 1 aromatic carbocycles. The highest BCUT2D eigenvalue weighted by atomic mass is 16.6. The van der Waals surface area contributed by atoms with Crippen LogP contribution in [0.3, 0.4) is 0 Å². The van der Waals surface area contributed by atoms with Crippen LogP contribution in [0.1, 0.15) is 6.92 Å². The van der Waals surface area contributed by atoms with Crippen molar-refractivity contribution in [2.75, 3.05) is 50.8 Å². The average Bonchev–Trinajstić information content (AvgIpc) is 2.59. The number of nitrogens with one attached hydrogen (secondary N) is 1. The van der Waals surface area contributed by atoms with E-state index < -0.39 is 4.92 Å². The normalized spacial score (nSPS) is 14.7. The van der Waals surface area contributed by atoms with Crippen molar-refractivity contribution < 1.29 is 14.5 Å². The van der Waals surface area contributed by atoms with Gasteiger partial charge in [-0.1, -0.05) is 0 Å². The van der Waals surface area contributed by atoms with Gasteiger partial charge in [0.15, 0.2) is 0 Å². The van der Waals surface area contributed by atoms with Crippen molar-refractivity contribution in [3.63, 3.8) is 0 Å². The summed E-state index contributed by atoms with van der Waals surface area (Å²) in [5.74, 6) is 0. The molecule has 0 aliphatic carbocycles. The Hall–Kier alpha value is -2.35. The number of amides is 2. The molecule has 2 amide bonds. The van der Waals surface area contributed by atoms with Gasteiger partial charge >= 0.3 is 6.03 Å². The smallest absolute Gasteiger partial charge is 0.317 e. The maximum absolute atomic E-state index is 12.0. The second-order valence-electron chi connectivity index (χ2n) is 5.18. The number of nitrogens with zero attached hydrogens (tertiary/aromatic N) is 3. The van der Waals surface area contributed by atoms with Gasteiger partial charge in [0, 0.05) is 57.2 Å². The minimum atomic E-state index is -0.408. The second kappa shape index (κ2) is 8.33. The molecule has 8 nitrogen and oxygen atoms in total. The molecule has 1 fully saturated rings. The van der Waals surface area contributed by atoms with E-state index in [1.54, 1.807) is 17.0 Å². The molecule has 1 saturated heterocycles. The number of carbonyl (C=O) groups excluding carboxylic acids is 1. The number of hydrogen-bond donors (Lipinski definition) is 1. The molecule has 1 aliphatic rings. The van der Waals surface area contributed by atoms with Crippen LogP contribution in [0.25, 0.3) is 0 Å². The van der Waals surface area contributed by atoms with Crippen LogP contribution < -0.4 is 10.2 Å². The fraction of sp³-hybridized carbons (Fsp3) is 0.533. The molecule has 0 bridgehead atoms. The number of nitro groups is 1. The van der Waals surface area contributed by atoms with Crippen molar-refractivity contribution in [2.24, 2.45) is 0 Å². The fourth-order valence-electron chi connectivity index (χ4n) is 2.44. The van der Waals surface area contributed by atoms with Crippen molar-refractivity contribution in [1.82, 2.24) is 10.2 Å². The zero-order valence-electron chi connectivity index (χ0n) is 13.2. The number of rotatable bonds is 6. The van der Waals surface area contributed by atoms with Crippen LogP contribution in [0, 0.1) is 10.1 Å². The van der Waals surface area contributed by atoms with Gasteiger partial charge in [-0.2, -0.15) is 0 Å². The molecule has 0 aromatic heterocycles. The van der Waals surface area contributed by atoms with Crippen LogP contribution in [0.4, 0.5) is 16.2 Å². The van der Waals surface area contributed by atoms with Gasteiger partial charge in [-0.15, -0.1) is 0 Å². The van der Waals surface area contributed by atoms with E-state index in [1.807, 2.05) is 6.92 Å². The van der Waals surface area contributed by atoms with Crippen LogP contribution in [0.5, 0.6) is 0 Å². The lowest BCUT2D eigenvalue weighted by Gasteiger charge is -2.36. The Bertz CT molecular complexity index is 527. The summed E-state index contributed by atoms with van der Waals surface area (Å²) in [7, 11) is 0. The van der Waals surface area contributed by atoms with Crippen LogP contribution in [0.15, 0.2) is 24.3 Å². The molecule has 1 aromatic rings. The first-order valence-electron chi connectivity index (χ1n) is 7.71. The first kappa shape index (κ1) is 17.0. The molecule has 126 valence electrons. The summed E-state index contributed by atoms with van der Waals surface area (Å²) in [6.07, 6.45) is 0. The summed E-state index contributed by atoms with van der Waals surface area (Å²) in [4.78, 5) is 26.1. The van der Waals surface area contributed by atoms with Crippen molar-refractivity contribution in [1.29, 1.82) is 0 Å². The van der Waals surface area contributed by atoms with E-state index in [4.69, 9.17) is 4.74 Å². The van der Waals surface area contributed by atoms with Gasteiger partial charge in [0.2, 0.25) is 0 Å². The third-order valence-corrected chi connectivity index (χ3v) is 3.72. The first-order chi connectivity index (χ1) is 11.1. The highest BCUT2D eigenvalue weighted by Gasteiger charge is 2.21. The number of carbonyl (C=O) groups is 1. The fourth-order valence-corrected chi connectivity index (χ4v) is 2.44.